The van der Waals surface area contributed by atoms with E-state index < -0.39 is 5.91 Å². The Morgan fingerprint density at radius 3 is 2.38 bits per heavy atom. The number of azide groups is 1. The van der Waals surface area contributed by atoms with E-state index in [1.54, 1.807) is 20.8 Å². The monoisotopic (exact) mass is 179 g/mol. The van der Waals surface area contributed by atoms with Gasteiger partial charge < -0.3 is 4.42 Å². The van der Waals surface area contributed by atoms with Crippen molar-refractivity contribution in [2.45, 2.75) is 20.8 Å². The van der Waals surface area contributed by atoms with Crippen molar-refractivity contribution in [2.24, 2.45) is 5.11 Å². The molecule has 0 bridgehead atoms. The van der Waals surface area contributed by atoms with Gasteiger partial charge >= 0.3 is 0 Å². The molecule has 0 radical (unpaired) electrons. The van der Waals surface area contributed by atoms with Gasteiger partial charge in [0.1, 0.15) is 11.5 Å². The highest BCUT2D eigenvalue weighted by Gasteiger charge is 2.16. The molecular weight excluding hydrogens is 170 g/mol. The quantitative estimate of drug-likeness (QED) is 0.377. The summed E-state index contributed by atoms with van der Waals surface area (Å²) in [4.78, 5) is 13.7. The summed E-state index contributed by atoms with van der Waals surface area (Å²) in [6.45, 7) is 5.18. The average molecular weight is 179 g/mol. The lowest BCUT2D eigenvalue weighted by atomic mass is 10.1. The van der Waals surface area contributed by atoms with E-state index in [-0.39, 0.29) is 0 Å². The minimum Gasteiger partial charge on any atom is -0.466 e. The highest BCUT2D eigenvalue weighted by molar-refractivity contribution is 5.97. The van der Waals surface area contributed by atoms with Gasteiger partial charge in [-0.1, -0.05) is 0 Å². The fourth-order valence-corrected chi connectivity index (χ4v) is 1.20. The van der Waals surface area contributed by atoms with Crippen LogP contribution in [-0.2, 0) is 0 Å². The zero-order valence-corrected chi connectivity index (χ0v) is 7.66. The molecule has 0 aliphatic carbocycles. The standard InChI is InChI=1S/C8H9N3O2/c1-4-5(2)13-6(3)7(4)8(12)10-11-9/h1-3H3. The number of hydrogen-bond acceptors (Lipinski definition) is 2. The van der Waals surface area contributed by atoms with Gasteiger partial charge in [0, 0.05) is 10.5 Å². The molecule has 0 N–H and O–H groups in total. The lowest BCUT2D eigenvalue weighted by Gasteiger charge is -1.91. The fraction of sp³-hybridized carbons (Fsp3) is 0.375. The number of carbonyl (C=O) groups is 1. The van der Waals surface area contributed by atoms with Gasteiger partial charge in [0.2, 0.25) is 0 Å². The Hall–Kier alpha value is -1.74. The van der Waals surface area contributed by atoms with Crippen molar-refractivity contribution in [3.63, 3.8) is 0 Å². The summed E-state index contributed by atoms with van der Waals surface area (Å²) in [5.74, 6) is 0.579. The second-order valence-corrected chi connectivity index (χ2v) is 2.71. The fourth-order valence-electron chi connectivity index (χ4n) is 1.20. The molecule has 1 aromatic rings. The van der Waals surface area contributed by atoms with Crippen LogP contribution in [0.25, 0.3) is 10.4 Å². The van der Waals surface area contributed by atoms with Crippen molar-refractivity contribution in [1.29, 1.82) is 0 Å². The minimum atomic E-state index is -0.589. The highest BCUT2D eigenvalue weighted by atomic mass is 16.3. The highest BCUT2D eigenvalue weighted by Crippen LogP contribution is 2.21. The SMILES string of the molecule is Cc1oc(C)c(C(=O)N=[N+]=[N-])c1C. The Balaban J connectivity index is 3.28. The number of furan rings is 1. The largest absolute Gasteiger partial charge is 0.466 e. The van der Waals surface area contributed by atoms with Crippen LogP contribution < -0.4 is 0 Å². The van der Waals surface area contributed by atoms with Crippen LogP contribution in [0.5, 0.6) is 0 Å². The first-order chi connectivity index (χ1) is 6.07. The molecule has 0 spiro atoms. The molecule has 0 saturated carbocycles. The number of amides is 1. The Morgan fingerprint density at radius 2 is 2.00 bits per heavy atom. The molecule has 1 heterocycles. The zero-order chi connectivity index (χ0) is 10.0. The molecule has 0 aromatic carbocycles. The first kappa shape index (κ1) is 9.35. The maximum atomic E-state index is 11.2. The third-order valence-electron chi connectivity index (χ3n) is 1.91. The third kappa shape index (κ3) is 1.55. The van der Waals surface area contributed by atoms with Crippen molar-refractivity contribution in [1.82, 2.24) is 0 Å². The number of nitrogens with zero attached hydrogens (tertiary/aromatic N) is 3. The first-order valence-electron chi connectivity index (χ1n) is 3.74. The summed E-state index contributed by atoms with van der Waals surface area (Å²) in [5.41, 5.74) is 9.20. The van der Waals surface area contributed by atoms with Gasteiger partial charge in [-0.3, -0.25) is 4.79 Å². The van der Waals surface area contributed by atoms with Gasteiger partial charge in [-0.25, -0.2) is 0 Å². The van der Waals surface area contributed by atoms with Crippen LogP contribution in [0.3, 0.4) is 0 Å². The van der Waals surface area contributed by atoms with Crippen LogP contribution >= 0.6 is 0 Å². The molecule has 5 heteroatoms. The second kappa shape index (κ2) is 3.33. The van der Waals surface area contributed by atoms with Crippen LogP contribution in [-0.4, -0.2) is 5.91 Å². The maximum absolute atomic E-state index is 11.2. The van der Waals surface area contributed by atoms with Gasteiger partial charge in [0.25, 0.3) is 5.91 Å². The topological polar surface area (TPSA) is 79.0 Å². The summed E-state index contributed by atoms with van der Waals surface area (Å²) in [6.07, 6.45) is 0. The van der Waals surface area contributed by atoms with Gasteiger partial charge in [-0.15, -0.1) is 0 Å². The molecule has 0 saturated heterocycles. The average Bonchev–Trinajstić information content (AvgIpc) is 2.27. The molecule has 0 atom stereocenters. The van der Waals surface area contributed by atoms with Gasteiger partial charge in [0.15, 0.2) is 0 Å². The van der Waals surface area contributed by atoms with Crippen LogP contribution in [0.2, 0.25) is 0 Å². The summed E-state index contributed by atoms with van der Waals surface area (Å²) in [6, 6.07) is 0. The van der Waals surface area contributed by atoms with Crippen LogP contribution in [0.1, 0.15) is 27.4 Å². The van der Waals surface area contributed by atoms with Crippen molar-refractivity contribution < 1.29 is 9.21 Å². The molecule has 0 fully saturated rings. The molecule has 0 aliphatic rings. The number of hydrogen-bond donors (Lipinski definition) is 0. The molecule has 68 valence electrons. The maximum Gasteiger partial charge on any atom is 0.252 e. The zero-order valence-electron chi connectivity index (χ0n) is 7.66. The molecular formula is C8H9N3O2. The van der Waals surface area contributed by atoms with E-state index in [4.69, 9.17) is 9.95 Å². The van der Waals surface area contributed by atoms with E-state index in [1.165, 1.54) is 0 Å². The third-order valence-corrected chi connectivity index (χ3v) is 1.91. The van der Waals surface area contributed by atoms with Crippen molar-refractivity contribution in [2.75, 3.05) is 0 Å². The summed E-state index contributed by atoms with van der Waals surface area (Å²) in [7, 11) is 0. The van der Waals surface area contributed by atoms with Gasteiger partial charge in [-0.05, 0) is 31.4 Å². The van der Waals surface area contributed by atoms with E-state index in [0.717, 1.165) is 5.56 Å². The lowest BCUT2D eigenvalue weighted by molar-refractivity contribution is 0.0998. The van der Waals surface area contributed by atoms with Crippen LogP contribution in [0, 0.1) is 20.8 Å². The van der Waals surface area contributed by atoms with Gasteiger partial charge in [-0.2, -0.15) is 0 Å². The molecule has 0 unspecified atom stereocenters. The molecule has 1 rings (SSSR count). The molecule has 5 nitrogen and oxygen atoms in total. The minimum absolute atomic E-state index is 0.371. The Labute approximate surface area is 75.0 Å². The Bertz CT molecular complexity index is 400. The molecule has 1 amide bonds. The number of rotatable bonds is 1. The van der Waals surface area contributed by atoms with E-state index in [0.29, 0.717) is 17.1 Å². The summed E-state index contributed by atoms with van der Waals surface area (Å²) >= 11 is 0. The summed E-state index contributed by atoms with van der Waals surface area (Å²) in [5, 5.41) is 3.01. The number of carbonyl (C=O) groups excluding carboxylic acids is 1. The Kier molecular flexibility index (Phi) is 2.39. The van der Waals surface area contributed by atoms with Crippen molar-refractivity contribution >= 4 is 5.91 Å². The first-order valence-corrected chi connectivity index (χ1v) is 3.74. The van der Waals surface area contributed by atoms with Crippen molar-refractivity contribution in [3.8, 4) is 0 Å². The molecule has 0 aliphatic heterocycles. The van der Waals surface area contributed by atoms with Crippen LogP contribution in [0.4, 0.5) is 0 Å². The van der Waals surface area contributed by atoms with E-state index >= 15 is 0 Å². The second-order valence-electron chi connectivity index (χ2n) is 2.71. The smallest absolute Gasteiger partial charge is 0.252 e. The van der Waals surface area contributed by atoms with E-state index in [2.05, 4.69) is 10.0 Å². The van der Waals surface area contributed by atoms with Crippen molar-refractivity contribution in [3.05, 3.63) is 33.1 Å². The van der Waals surface area contributed by atoms with E-state index in [9.17, 15) is 4.79 Å². The lowest BCUT2D eigenvalue weighted by Crippen LogP contribution is -1.96. The predicted molar refractivity (Wildman–Crippen MR) is 46.4 cm³/mol. The number of aryl methyl sites for hydroxylation is 2. The Morgan fingerprint density at radius 1 is 1.38 bits per heavy atom. The predicted octanol–water partition coefficient (Wildman–Crippen LogP) is 2.66. The van der Waals surface area contributed by atoms with Gasteiger partial charge in [0.05, 0.1) is 5.56 Å². The van der Waals surface area contributed by atoms with E-state index in [1.807, 2.05) is 0 Å². The normalized spacial score (nSPS) is 9.46. The summed E-state index contributed by atoms with van der Waals surface area (Å²) < 4.78 is 5.21. The molecule has 13 heavy (non-hydrogen) atoms. The van der Waals surface area contributed by atoms with Crippen LogP contribution in [0.15, 0.2) is 9.53 Å². The molecule has 1 aromatic heterocycles.